The van der Waals surface area contributed by atoms with Crippen LogP contribution < -0.4 is 33.2 Å². The van der Waals surface area contributed by atoms with Crippen LogP contribution in [0.2, 0.25) is 0 Å². The van der Waals surface area contributed by atoms with Crippen LogP contribution in [0, 0.1) is 5.92 Å². The van der Waals surface area contributed by atoms with E-state index in [-0.39, 0.29) is 24.8 Å². The summed E-state index contributed by atoms with van der Waals surface area (Å²) in [5.74, 6) is -3.40. The molecule has 0 aromatic carbocycles. The molecule has 29 heavy (non-hydrogen) atoms. The van der Waals surface area contributed by atoms with Gasteiger partial charge in [0.15, 0.2) is 5.96 Å². The molecule has 0 rings (SSSR count). The lowest BCUT2D eigenvalue weighted by molar-refractivity contribution is -0.143. The predicted octanol–water partition coefficient (Wildman–Crippen LogP) is -2.40. The van der Waals surface area contributed by atoms with Crippen LogP contribution in [0.4, 0.5) is 0 Å². The van der Waals surface area contributed by atoms with E-state index in [1.807, 2.05) is 0 Å². The Labute approximate surface area is 170 Å². The van der Waals surface area contributed by atoms with Crippen molar-refractivity contribution < 1.29 is 24.3 Å². The maximum atomic E-state index is 12.5. The first-order valence-electron chi connectivity index (χ1n) is 9.31. The standard InChI is InChI=1S/C17H33N7O5/c1-8(2)12(16(28)29)24-14(26)10(4)22-15(27)11(23-13(25)9(3)18)6-5-7-21-17(19)20/h8-12H,5-7,18H2,1-4H3,(H,22,27)(H,23,25)(H,24,26)(H,28,29)(H4,19,20,21). The third-order valence-corrected chi connectivity index (χ3v) is 3.97. The highest BCUT2D eigenvalue weighted by molar-refractivity contribution is 5.93. The van der Waals surface area contributed by atoms with Gasteiger partial charge in [0.2, 0.25) is 17.7 Å². The minimum atomic E-state index is -1.17. The number of aliphatic carboxylic acids is 1. The van der Waals surface area contributed by atoms with Crippen molar-refractivity contribution in [2.24, 2.45) is 28.1 Å². The van der Waals surface area contributed by atoms with Crippen LogP contribution in [-0.2, 0) is 19.2 Å². The van der Waals surface area contributed by atoms with E-state index in [0.717, 1.165) is 0 Å². The highest BCUT2D eigenvalue weighted by Crippen LogP contribution is 2.03. The zero-order chi connectivity index (χ0) is 22.7. The fourth-order valence-corrected chi connectivity index (χ4v) is 2.25. The van der Waals surface area contributed by atoms with Crippen molar-refractivity contribution in [1.29, 1.82) is 0 Å². The molecule has 3 amide bonds. The second kappa shape index (κ2) is 12.5. The zero-order valence-corrected chi connectivity index (χ0v) is 17.3. The van der Waals surface area contributed by atoms with Crippen molar-refractivity contribution in [2.75, 3.05) is 6.54 Å². The number of amides is 3. The van der Waals surface area contributed by atoms with Gasteiger partial charge in [-0.3, -0.25) is 19.4 Å². The number of nitrogens with two attached hydrogens (primary N) is 3. The van der Waals surface area contributed by atoms with Gasteiger partial charge in [0, 0.05) is 6.54 Å². The number of aliphatic imine (C=N–C) groups is 1. The highest BCUT2D eigenvalue weighted by Gasteiger charge is 2.28. The summed E-state index contributed by atoms with van der Waals surface area (Å²) < 4.78 is 0. The van der Waals surface area contributed by atoms with Gasteiger partial charge in [-0.05, 0) is 32.6 Å². The summed E-state index contributed by atoms with van der Waals surface area (Å²) in [4.78, 5) is 51.7. The van der Waals surface area contributed by atoms with Crippen LogP contribution >= 0.6 is 0 Å². The molecular formula is C17H33N7O5. The van der Waals surface area contributed by atoms with Crippen LogP contribution in [0.15, 0.2) is 4.99 Å². The van der Waals surface area contributed by atoms with E-state index in [0.29, 0.717) is 6.42 Å². The lowest BCUT2D eigenvalue weighted by atomic mass is 10.0. The van der Waals surface area contributed by atoms with E-state index in [2.05, 4.69) is 20.9 Å². The van der Waals surface area contributed by atoms with Crippen molar-refractivity contribution in [3.05, 3.63) is 0 Å². The van der Waals surface area contributed by atoms with Crippen LogP contribution in [0.5, 0.6) is 0 Å². The molecule has 0 aliphatic carbocycles. The summed E-state index contributed by atoms with van der Waals surface area (Å²) in [6.07, 6.45) is 0.601. The zero-order valence-electron chi connectivity index (χ0n) is 17.3. The molecule has 4 unspecified atom stereocenters. The molecule has 0 bridgehead atoms. The molecule has 0 heterocycles. The fraction of sp³-hybridized carbons (Fsp3) is 0.706. The number of carboxylic acid groups (broad SMARTS) is 1. The molecule has 0 aliphatic heterocycles. The van der Waals surface area contributed by atoms with Crippen LogP contribution in [0.1, 0.15) is 40.5 Å². The SMILES string of the molecule is CC(N)C(=O)NC(CCCN=C(N)N)C(=O)NC(C)C(=O)NC(C(=O)O)C(C)C. The lowest BCUT2D eigenvalue weighted by Crippen LogP contribution is -2.56. The molecule has 10 N–H and O–H groups in total. The Morgan fingerprint density at radius 1 is 0.931 bits per heavy atom. The molecule has 0 aliphatic rings. The van der Waals surface area contributed by atoms with Crippen molar-refractivity contribution in [3.63, 3.8) is 0 Å². The highest BCUT2D eigenvalue weighted by atomic mass is 16.4. The number of carbonyl (C=O) groups is 4. The number of hydrogen-bond acceptors (Lipinski definition) is 6. The summed E-state index contributed by atoms with van der Waals surface area (Å²) in [5, 5.41) is 16.5. The van der Waals surface area contributed by atoms with Crippen LogP contribution in [-0.4, -0.2) is 65.5 Å². The molecule has 0 fully saturated rings. The molecule has 0 spiro atoms. The molecule has 0 radical (unpaired) electrons. The van der Waals surface area contributed by atoms with E-state index in [1.165, 1.54) is 13.8 Å². The maximum absolute atomic E-state index is 12.5. The summed E-state index contributed by atoms with van der Waals surface area (Å²) in [7, 11) is 0. The molecule has 166 valence electrons. The molecule has 12 heteroatoms. The monoisotopic (exact) mass is 415 g/mol. The minimum absolute atomic E-state index is 0.0888. The van der Waals surface area contributed by atoms with E-state index >= 15 is 0 Å². The summed E-state index contributed by atoms with van der Waals surface area (Å²) in [6.45, 7) is 6.44. The number of hydrogen-bond donors (Lipinski definition) is 7. The Kier molecular flexibility index (Phi) is 11.3. The van der Waals surface area contributed by atoms with E-state index in [1.54, 1.807) is 13.8 Å². The molecule has 0 saturated heterocycles. The van der Waals surface area contributed by atoms with Crippen molar-refractivity contribution in [1.82, 2.24) is 16.0 Å². The van der Waals surface area contributed by atoms with Gasteiger partial charge < -0.3 is 38.3 Å². The summed E-state index contributed by atoms with van der Waals surface area (Å²) >= 11 is 0. The average Bonchev–Trinajstić information content (AvgIpc) is 2.60. The summed E-state index contributed by atoms with van der Waals surface area (Å²) in [5.41, 5.74) is 16.0. The second-order valence-electron chi connectivity index (χ2n) is 7.10. The van der Waals surface area contributed by atoms with E-state index in [9.17, 15) is 19.2 Å². The first-order chi connectivity index (χ1) is 13.4. The third-order valence-electron chi connectivity index (χ3n) is 3.97. The third kappa shape index (κ3) is 10.3. The fourth-order valence-electron chi connectivity index (χ4n) is 2.25. The minimum Gasteiger partial charge on any atom is -0.480 e. The van der Waals surface area contributed by atoms with Crippen molar-refractivity contribution in [2.45, 2.75) is 64.7 Å². The number of nitrogens with one attached hydrogen (secondary N) is 3. The van der Waals surface area contributed by atoms with E-state index < -0.39 is 47.9 Å². The Morgan fingerprint density at radius 2 is 1.52 bits per heavy atom. The average molecular weight is 415 g/mol. The molecular weight excluding hydrogens is 382 g/mol. The van der Waals surface area contributed by atoms with Gasteiger partial charge in [0.1, 0.15) is 18.1 Å². The molecule has 12 nitrogen and oxygen atoms in total. The topological polar surface area (TPSA) is 215 Å². The predicted molar refractivity (Wildman–Crippen MR) is 108 cm³/mol. The van der Waals surface area contributed by atoms with Gasteiger partial charge >= 0.3 is 5.97 Å². The first-order valence-corrected chi connectivity index (χ1v) is 9.31. The molecule has 0 saturated carbocycles. The second-order valence-corrected chi connectivity index (χ2v) is 7.10. The van der Waals surface area contributed by atoms with Gasteiger partial charge in [-0.2, -0.15) is 0 Å². The number of guanidine groups is 1. The van der Waals surface area contributed by atoms with Gasteiger partial charge in [0.05, 0.1) is 6.04 Å². The van der Waals surface area contributed by atoms with Crippen molar-refractivity contribution in [3.8, 4) is 0 Å². The number of rotatable bonds is 12. The Morgan fingerprint density at radius 3 is 1.97 bits per heavy atom. The smallest absolute Gasteiger partial charge is 0.326 e. The van der Waals surface area contributed by atoms with Gasteiger partial charge in [-0.1, -0.05) is 13.8 Å². The van der Waals surface area contributed by atoms with Gasteiger partial charge in [-0.15, -0.1) is 0 Å². The van der Waals surface area contributed by atoms with Crippen LogP contribution in [0.3, 0.4) is 0 Å². The number of nitrogens with zero attached hydrogens (tertiary/aromatic N) is 1. The van der Waals surface area contributed by atoms with Crippen molar-refractivity contribution >= 4 is 29.7 Å². The molecule has 0 aromatic heterocycles. The van der Waals surface area contributed by atoms with E-state index in [4.69, 9.17) is 22.3 Å². The Balaban J connectivity index is 5.02. The molecule has 0 aromatic rings. The normalized spacial score (nSPS) is 14.8. The lowest BCUT2D eigenvalue weighted by Gasteiger charge is -2.24. The first kappa shape index (κ1) is 26.1. The van der Waals surface area contributed by atoms with Crippen LogP contribution in [0.25, 0.3) is 0 Å². The largest absolute Gasteiger partial charge is 0.480 e. The number of carbonyl (C=O) groups excluding carboxylic acids is 3. The maximum Gasteiger partial charge on any atom is 0.326 e. The Hall–Kier alpha value is -2.89. The van der Waals surface area contributed by atoms with Gasteiger partial charge in [0.25, 0.3) is 0 Å². The quantitative estimate of drug-likeness (QED) is 0.103. The van der Waals surface area contributed by atoms with Gasteiger partial charge in [-0.25, -0.2) is 4.79 Å². The summed E-state index contributed by atoms with van der Waals surface area (Å²) in [6, 6.07) is -3.89. The number of carboxylic acids is 1. The Bertz CT molecular complexity index is 617. The molecule has 4 atom stereocenters.